The Morgan fingerprint density at radius 2 is 1.84 bits per heavy atom. The molecule has 0 heterocycles. The summed E-state index contributed by atoms with van der Waals surface area (Å²) in [5.74, 6) is 0.133. The highest BCUT2D eigenvalue weighted by Gasteiger charge is 2.14. The highest BCUT2D eigenvalue weighted by molar-refractivity contribution is 6.39. The quantitative estimate of drug-likeness (QED) is 0.690. The third kappa shape index (κ3) is 3.09. The summed E-state index contributed by atoms with van der Waals surface area (Å²) in [5, 5.41) is 0.892. The molecule has 0 fully saturated rings. The van der Waals surface area contributed by atoms with E-state index in [2.05, 4.69) is 6.58 Å². The zero-order valence-electron chi connectivity index (χ0n) is 10.00. The van der Waals surface area contributed by atoms with Crippen LogP contribution >= 0.6 is 23.2 Å². The first-order chi connectivity index (χ1) is 9.13. The Morgan fingerprint density at radius 1 is 1.16 bits per heavy atom. The predicted octanol–water partition coefficient (Wildman–Crippen LogP) is 5.36. The van der Waals surface area contributed by atoms with Crippen LogP contribution in [0.1, 0.15) is 0 Å². The summed E-state index contributed by atoms with van der Waals surface area (Å²) in [6, 6.07) is 9.36. The van der Waals surface area contributed by atoms with Gasteiger partial charge in [0.25, 0.3) is 0 Å². The molecule has 0 saturated carbocycles. The Morgan fingerprint density at radius 3 is 2.47 bits per heavy atom. The third-order valence-electron chi connectivity index (χ3n) is 2.53. The van der Waals surface area contributed by atoms with Crippen LogP contribution in [0, 0.1) is 5.82 Å². The molecule has 0 unspecified atom stereocenters. The minimum Gasteiger partial charge on any atom is -0.489 e. The Balaban J connectivity index is 2.59. The highest BCUT2D eigenvalue weighted by Crippen LogP contribution is 2.40. The number of ether oxygens (including phenoxy) is 1. The van der Waals surface area contributed by atoms with Crippen molar-refractivity contribution in [3.63, 3.8) is 0 Å². The van der Waals surface area contributed by atoms with Gasteiger partial charge >= 0.3 is 0 Å². The summed E-state index contributed by atoms with van der Waals surface area (Å²) in [7, 11) is 0. The molecule has 0 aliphatic rings. The van der Waals surface area contributed by atoms with Crippen molar-refractivity contribution >= 4 is 23.2 Å². The van der Waals surface area contributed by atoms with Crippen molar-refractivity contribution in [3.05, 3.63) is 64.9 Å². The molecule has 4 heteroatoms. The molecule has 98 valence electrons. The molecule has 2 rings (SSSR count). The van der Waals surface area contributed by atoms with Crippen molar-refractivity contribution < 1.29 is 9.13 Å². The molecule has 2 aromatic carbocycles. The maximum atomic E-state index is 13.5. The molecule has 2 aromatic rings. The minimum absolute atomic E-state index is 0.320. The van der Waals surface area contributed by atoms with Gasteiger partial charge in [0.1, 0.15) is 18.2 Å². The minimum atomic E-state index is -0.378. The van der Waals surface area contributed by atoms with Gasteiger partial charge in [-0.3, -0.25) is 0 Å². The van der Waals surface area contributed by atoms with E-state index in [0.29, 0.717) is 33.5 Å². The molecule has 0 bridgehead atoms. The van der Waals surface area contributed by atoms with Crippen LogP contribution in [0.5, 0.6) is 5.75 Å². The summed E-state index contributed by atoms with van der Waals surface area (Å²) in [4.78, 5) is 0. The van der Waals surface area contributed by atoms with E-state index in [9.17, 15) is 4.39 Å². The van der Waals surface area contributed by atoms with Gasteiger partial charge in [0.2, 0.25) is 0 Å². The molecule has 0 N–H and O–H groups in total. The van der Waals surface area contributed by atoms with Crippen LogP contribution in [0.25, 0.3) is 11.1 Å². The van der Waals surface area contributed by atoms with Crippen LogP contribution in [-0.2, 0) is 0 Å². The molecule has 0 amide bonds. The van der Waals surface area contributed by atoms with Crippen molar-refractivity contribution in [1.82, 2.24) is 0 Å². The SMILES string of the molecule is C=CCOc1ccc(F)cc1-c1c(Cl)cccc1Cl. The second kappa shape index (κ2) is 6.09. The van der Waals surface area contributed by atoms with Gasteiger partial charge in [-0.05, 0) is 30.3 Å². The molecule has 19 heavy (non-hydrogen) atoms. The molecule has 0 aromatic heterocycles. The van der Waals surface area contributed by atoms with E-state index in [1.807, 2.05) is 0 Å². The molecule has 0 spiro atoms. The van der Waals surface area contributed by atoms with Gasteiger partial charge in [0.15, 0.2) is 0 Å². The number of halogens is 3. The van der Waals surface area contributed by atoms with E-state index < -0.39 is 0 Å². The maximum absolute atomic E-state index is 13.5. The normalized spacial score (nSPS) is 10.3. The van der Waals surface area contributed by atoms with Gasteiger partial charge in [-0.2, -0.15) is 0 Å². The van der Waals surface area contributed by atoms with Crippen LogP contribution < -0.4 is 4.74 Å². The monoisotopic (exact) mass is 296 g/mol. The van der Waals surface area contributed by atoms with Gasteiger partial charge in [-0.15, -0.1) is 0 Å². The van der Waals surface area contributed by atoms with Gasteiger partial charge in [-0.25, -0.2) is 4.39 Å². The molecular weight excluding hydrogens is 286 g/mol. The van der Waals surface area contributed by atoms with Crippen LogP contribution in [-0.4, -0.2) is 6.61 Å². The second-order valence-corrected chi connectivity index (χ2v) is 4.65. The Labute approximate surface area is 121 Å². The standard InChI is InChI=1S/C15H11Cl2FO/c1-2-8-19-14-7-6-10(18)9-11(14)15-12(16)4-3-5-13(15)17/h2-7,9H,1,8H2. The first-order valence-corrected chi connectivity index (χ1v) is 6.36. The Kier molecular flexibility index (Phi) is 4.46. The maximum Gasteiger partial charge on any atom is 0.127 e. The van der Waals surface area contributed by atoms with Crippen molar-refractivity contribution in [1.29, 1.82) is 0 Å². The van der Waals surface area contributed by atoms with E-state index in [4.69, 9.17) is 27.9 Å². The summed E-state index contributed by atoms with van der Waals surface area (Å²) in [6.45, 7) is 3.90. The molecular formula is C15H11Cl2FO. The van der Waals surface area contributed by atoms with E-state index in [-0.39, 0.29) is 5.82 Å². The number of rotatable bonds is 4. The van der Waals surface area contributed by atoms with Crippen molar-refractivity contribution in [3.8, 4) is 16.9 Å². The highest BCUT2D eigenvalue weighted by atomic mass is 35.5. The van der Waals surface area contributed by atoms with Gasteiger partial charge < -0.3 is 4.74 Å². The van der Waals surface area contributed by atoms with Crippen molar-refractivity contribution in [2.24, 2.45) is 0 Å². The van der Waals surface area contributed by atoms with E-state index in [1.165, 1.54) is 12.1 Å². The van der Waals surface area contributed by atoms with Gasteiger partial charge in [-0.1, -0.05) is 41.9 Å². The molecule has 0 aliphatic carbocycles. The number of hydrogen-bond donors (Lipinski definition) is 0. The Hall–Kier alpha value is -1.51. The van der Waals surface area contributed by atoms with Crippen LogP contribution in [0.4, 0.5) is 4.39 Å². The fourth-order valence-electron chi connectivity index (χ4n) is 1.73. The summed E-state index contributed by atoms with van der Waals surface area (Å²) in [6.07, 6.45) is 1.61. The predicted molar refractivity (Wildman–Crippen MR) is 77.5 cm³/mol. The first kappa shape index (κ1) is 13.9. The average Bonchev–Trinajstić information content (AvgIpc) is 2.37. The zero-order valence-corrected chi connectivity index (χ0v) is 11.5. The smallest absolute Gasteiger partial charge is 0.127 e. The van der Waals surface area contributed by atoms with Crippen LogP contribution in [0.3, 0.4) is 0 Å². The van der Waals surface area contributed by atoms with Crippen molar-refractivity contribution in [2.75, 3.05) is 6.61 Å². The van der Waals surface area contributed by atoms with Gasteiger partial charge in [0.05, 0.1) is 10.0 Å². The lowest BCUT2D eigenvalue weighted by molar-refractivity contribution is 0.364. The first-order valence-electron chi connectivity index (χ1n) is 5.61. The van der Waals surface area contributed by atoms with Gasteiger partial charge in [0, 0.05) is 11.1 Å². The Bertz CT molecular complexity index is 591. The molecule has 0 radical (unpaired) electrons. The molecule has 0 atom stereocenters. The van der Waals surface area contributed by atoms with Crippen molar-refractivity contribution in [2.45, 2.75) is 0 Å². The second-order valence-electron chi connectivity index (χ2n) is 3.84. The zero-order chi connectivity index (χ0) is 13.8. The summed E-state index contributed by atoms with van der Waals surface area (Å²) < 4.78 is 19.0. The molecule has 1 nitrogen and oxygen atoms in total. The molecule has 0 saturated heterocycles. The lowest BCUT2D eigenvalue weighted by Crippen LogP contribution is -1.96. The number of benzene rings is 2. The van der Waals surface area contributed by atoms with Crippen LogP contribution in [0.15, 0.2) is 49.1 Å². The largest absolute Gasteiger partial charge is 0.489 e. The van der Waals surface area contributed by atoms with E-state index in [1.54, 1.807) is 30.3 Å². The van der Waals surface area contributed by atoms with E-state index in [0.717, 1.165) is 0 Å². The number of hydrogen-bond acceptors (Lipinski definition) is 1. The lowest BCUT2D eigenvalue weighted by atomic mass is 10.0. The van der Waals surface area contributed by atoms with E-state index >= 15 is 0 Å². The fraction of sp³-hybridized carbons (Fsp3) is 0.0667. The third-order valence-corrected chi connectivity index (χ3v) is 3.16. The summed E-state index contributed by atoms with van der Waals surface area (Å²) >= 11 is 12.3. The van der Waals surface area contributed by atoms with Crippen LogP contribution in [0.2, 0.25) is 10.0 Å². The lowest BCUT2D eigenvalue weighted by Gasteiger charge is -2.13. The molecule has 0 aliphatic heterocycles. The fourth-order valence-corrected chi connectivity index (χ4v) is 2.33. The summed E-state index contributed by atoms with van der Waals surface area (Å²) in [5.41, 5.74) is 1.09. The topological polar surface area (TPSA) is 9.23 Å². The average molecular weight is 297 g/mol.